The van der Waals surface area contributed by atoms with E-state index in [1.54, 1.807) is 30.1 Å². The van der Waals surface area contributed by atoms with E-state index in [9.17, 15) is 9.59 Å². The van der Waals surface area contributed by atoms with Crippen molar-refractivity contribution in [3.63, 3.8) is 0 Å². The summed E-state index contributed by atoms with van der Waals surface area (Å²) in [6.07, 6.45) is 5.85. The molecule has 7 heteroatoms. The van der Waals surface area contributed by atoms with E-state index in [4.69, 9.17) is 0 Å². The highest BCUT2D eigenvalue weighted by Gasteiger charge is 2.26. The van der Waals surface area contributed by atoms with E-state index in [2.05, 4.69) is 15.3 Å². The Labute approximate surface area is 138 Å². The largest absolute Gasteiger partial charge is 0.355 e. The van der Waals surface area contributed by atoms with Crippen molar-refractivity contribution in [1.29, 1.82) is 0 Å². The van der Waals surface area contributed by atoms with E-state index in [-0.39, 0.29) is 17.4 Å². The first kappa shape index (κ1) is 15.7. The Bertz CT molecular complexity index is 760. The van der Waals surface area contributed by atoms with Gasteiger partial charge in [0.05, 0.1) is 5.92 Å². The third kappa shape index (κ3) is 3.61. The Morgan fingerprint density at radius 2 is 2.22 bits per heavy atom. The van der Waals surface area contributed by atoms with Crippen LogP contribution < -0.4 is 10.9 Å². The van der Waals surface area contributed by atoms with Crippen LogP contribution >= 0.6 is 11.8 Å². The Morgan fingerprint density at radius 3 is 3.00 bits per heavy atom. The molecule has 23 heavy (non-hydrogen) atoms. The lowest BCUT2D eigenvalue weighted by molar-refractivity contribution is -0.124. The minimum absolute atomic E-state index is 0.00869. The van der Waals surface area contributed by atoms with E-state index in [1.165, 1.54) is 11.8 Å². The molecule has 0 fully saturated rings. The zero-order valence-electron chi connectivity index (χ0n) is 12.9. The Balaban J connectivity index is 1.59. The van der Waals surface area contributed by atoms with Gasteiger partial charge in [-0.1, -0.05) is 11.8 Å². The molecule has 1 amide bonds. The lowest BCUT2D eigenvalue weighted by atomic mass is 10.1. The summed E-state index contributed by atoms with van der Waals surface area (Å²) in [5.74, 6) is 0.438. The Morgan fingerprint density at radius 1 is 1.43 bits per heavy atom. The fourth-order valence-corrected chi connectivity index (χ4v) is 3.53. The zero-order valence-corrected chi connectivity index (χ0v) is 13.7. The molecule has 2 aromatic rings. The Kier molecular flexibility index (Phi) is 4.76. The topological polar surface area (TPSA) is 76.9 Å². The molecule has 0 saturated heterocycles. The van der Waals surface area contributed by atoms with E-state index in [1.807, 2.05) is 12.1 Å². The first-order chi connectivity index (χ1) is 11.1. The summed E-state index contributed by atoms with van der Waals surface area (Å²) < 4.78 is 1.61. The predicted octanol–water partition coefficient (Wildman–Crippen LogP) is 1.03. The van der Waals surface area contributed by atoms with Gasteiger partial charge in [-0.05, 0) is 31.0 Å². The highest BCUT2D eigenvalue weighted by atomic mass is 32.2. The number of nitrogens with zero attached hydrogens (tertiary/aromatic N) is 3. The molecule has 1 aliphatic rings. The van der Waals surface area contributed by atoms with Crippen molar-refractivity contribution in [2.45, 2.75) is 25.0 Å². The normalized spacial score (nSPS) is 16.7. The molecule has 0 bridgehead atoms. The number of carbonyl (C=O) groups is 1. The van der Waals surface area contributed by atoms with Crippen LogP contribution in [0.2, 0.25) is 0 Å². The smallest absolute Gasteiger partial charge is 0.257 e. The lowest BCUT2D eigenvalue weighted by Crippen LogP contribution is -2.40. The summed E-state index contributed by atoms with van der Waals surface area (Å²) in [4.78, 5) is 32.7. The van der Waals surface area contributed by atoms with Gasteiger partial charge in [-0.3, -0.25) is 19.1 Å². The molecule has 0 unspecified atom stereocenters. The van der Waals surface area contributed by atoms with Crippen molar-refractivity contribution in [2.24, 2.45) is 5.92 Å². The monoisotopic (exact) mass is 330 g/mol. The van der Waals surface area contributed by atoms with E-state index in [0.29, 0.717) is 29.6 Å². The number of pyridine rings is 1. The number of aryl methyl sites for hydroxylation is 1. The van der Waals surface area contributed by atoms with E-state index >= 15 is 0 Å². The van der Waals surface area contributed by atoms with Gasteiger partial charge in [-0.15, -0.1) is 0 Å². The second kappa shape index (κ2) is 6.95. The maximum absolute atomic E-state index is 12.3. The number of carbonyl (C=O) groups excluding carboxylic acids is 1. The van der Waals surface area contributed by atoms with Gasteiger partial charge < -0.3 is 5.32 Å². The van der Waals surface area contributed by atoms with Crippen LogP contribution in [-0.2, 0) is 17.8 Å². The van der Waals surface area contributed by atoms with E-state index < -0.39 is 0 Å². The van der Waals surface area contributed by atoms with Crippen LogP contribution in [0.25, 0.3) is 0 Å². The van der Waals surface area contributed by atoms with Crippen LogP contribution in [0.15, 0.2) is 40.7 Å². The van der Waals surface area contributed by atoms with Gasteiger partial charge in [-0.2, -0.15) is 0 Å². The number of nitrogens with one attached hydrogen (secondary N) is 1. The van der Waals surface area contributed by atoms with Crippen LogP contribution in [0.3, 0.4) is 0 Å². The molecule has 3 rings (SSSR count). The second-order valence-corrected chi connectivity index (χ2v) is 6.53. The van der Waals surface area contributed by atoms with Crippen LogP contribution in [0.5, 0.6) is 0 Å². The zero-order chi connectivity index (χ0) is 16.2. The SMILES string of the molecule is Cc1cnc2n(c1=O)C[C@@H](C(=O)NCCc1ccncc1)CS2. The van der Waals surface area contributed by atoms with Crippen molar-refractivity contribution in [3.8, 4) is 0 Å². The third-order valence-corrected chi connectivity index (χ3v) is 4.98. The quantitative estimate of drug-likeness (QED) is 0.847. The summed E-state index contributed by atoms with van der Waals surface area (Å²) >= 11 is 1.46. The van der Waals surface area contributed by atoms with Crippen LogP contribution in [-0.4, -0.2) is 32.7 Å². The number of hydrogen-bond donors (Lipinski definition) is 1. The van der Waals surface area contributed by atoms with Crippen molar-refractivity contribution in [1.82, 2.24) is 19.9 Å². The Hall–Kier alpha value is -2.15. The number of amides is 1. The van der Waals surface area contributed by atoms with Crippen molar-refractivity contribution < 1.29 is 4.79 Å². The minimum atomic E-state index is -0.203. The van der Waals surface area contributed by atoms with Crippen molar-refractivity contribution in [3.05, 3.63) is 52.2 Å². The molecule has 1 N–H and O–H groups in total. The molecule has 1 atom stereocenters. The molecule has 3 heterocycles. The predicted molar refractivity (Wildman–Crippen MR) is 88.4 cm³/mol. The maximum atomic E-state index is 12.3. The molecule has 6 nitrogen and oxygen atoms in total. The summed E-state index contributed by atoms with van der Waals surface area (Å²) in [6.45, 7) is 2.72. The molecule has 2 aromatic heterocycles. The molecule has 0 saturated carbocycles. The van der Waals surface area contributed by atoms with Gasteiger partial charge in [0.25, 0.3) is 5.56 Å². The summed E-state index contributed by atoms with van der Waals surface area (Å²) in [6, 6.07) is 3.87. The summed E-state index contributed by atoms with van der Waals surface area (Å²) in [5.41, 5.74) is 1.68. The molecule has 0 radical (unpaired) electrons. The minimum Gasteiger partial charge on any atom is -0.355 e. The fraction of sp³-hybridized carbons (Fsp3) is 0.375. The van der Waals surface area contributed by atoms with Crippen LogP contribution in [0, 0.1) is 12.8 Å². The van der Waals surface area contributed by atoms with Gasteiger partial charge in [0.15, 0.2) is 5.16 Å². The first-order valence-corrected chi connectivity index (χ1v) is 8.49. The fourth-order valence-electron chi connectivity index (χ4n) is 2.48. The number of rotatable bonds is 4. The lowest BCUT2D eigenvalue weighted by Gasteiger charge is -2.24. The molecule has 120 valence electrons. The second-order valence-electron chi connectivity index (χ2n) is 5.54. The molecular formula is C16H18N4O2S. The number of fused-ring (bicyclic) bond motifs is 1. The number of hydrogen-bond acceptors (Lipinski definition) is 5. The number of thioether (sulfide) groups is 1. The molecule has 0 aromatic carbocycles. The van der Waals surface area contributed by atoms with Gasteiger partial charge in [0.2, 0.25) is 5.91 Å². The van der Waals surface area contributed by atoms with Gasteiger partial charge in [-0.25, -0.2) is 4.98 Å². The highest BCUT2D eigenvalue weighted by molar-refractivity contribution is 7.99. The molecule has 1 aliphatic heterocycles. The molecular weight excluding hydrogens is 312 g/mol. The average Bonchev–Trinajstić information content (AvgIpc) is 2.59. The average molecular weight is 330 g/mol. The van der Waals surface area contributed by atoms with E-state index in [0.717, 1.165) is 12.0 Å². The van der Waals surface area contributed by atoms with Crippen molar-refractivity contribution >= 4 is 17.7 Å². The maximum Gasteiger partial charge on any atom is 0.257 e. The summed E-state index contributed by atoms with van der Waals surface area (Å²) in [7, 11) is 0. The van der Waals surface area contributed by atoms with Crippen molar-refractivity contribution in [2.75, 3.05) is 12.3 Å². The summed E-state index contributed by atoms with van der Waals surface area (Å²) in [5, 5.41) is 3.65. The van der Waals surface area contributed by atoms with Gasteiger partial charge in [0, 0.05) is 43.0 Å². The first-order valence-electron chi connectivity index (χ1n) is 7.51. The number of aromatic nitrogens is 3. The van der Waals surface area contributed by atoms with Gasteiger partial charge >= 0.3 is 0 Å². The molecule has 0 spiro atoms. The standard InChI is InChI=1S/C16H18N4O2S/c1-11-8-19-16-20(15(11)22)9-13(10-23-16)14(21)18-7-4-12-2-5-17-6-3-12/h2-3,5-6,8,13H,4,7,9-10H2,1H3,(H,18,21)/t13-/m1/s1. The molecule has 0 aliphatic carbocycles. The highest BCUT2D eigenvalue weighted by Crippen LogP contribution is 2.24. The van der Waals surface area contributed by atoms with Crippen LogP contribution in [0.1, 0.15) is 11.1 Å². The van der Waals surface area contributed by atoms with Crippen LogP contribution in [0.4, 0.5) is 0 Å². The third-order valence-electron chi connectivity index (χ3n) is 3.83. The van der Waals surface area contributed by atoms with Gasteiger partial charge in [0.1, 0.15) is 0 Å².